The van der Waals surface area contributed by atoms with E-state index in [0.717, 1.165) is 21.3 Å². The van der Waals surface area contributed by atoms with Crippen molar-refractivity contribution in [1.82, 2.24) is 19.8 Å². The molecule has 1 aromatic carbocycles. The van der Waals surface area contributed by atoms with Crippen LogP contribution in [0.1, 0.15) is 17.4 Å². The molecule has 0 aliphatic carbocycles. The molecule has 2 N–H and O–H groups in total. The predicted molar refractivity (Wildman–Crippen MR) is 119 cm³/mol. The fourth-order valence-electron chi connectivity index (χ4n) is 3.49. The lowest BCUT2D eigenvalue weighted by Gasteiger charge is -2.39. The van der Waals surface area contributed by atoms with Crippen molar-refractivity contribution in [2.75, 3.05) is 18.8 Å². The Labute approximate surface area is 182 Å². The number of hydrogen-bond donors (Lipinski definition) is 1. The monoisotopic (exact) mass is 441 g/mol. The maximum absolute atomic E-state index is 12.8. The highest BCUT2D eigenvalue weighted by atomic mass is 35.5. The summed E-state index contributed by atoms with van der Waals surface area (Å²) in [6.07, 6.45) is 4.64. The summed E-state index contributed by atoms with van der Waals surface area (Å²) in [5.41, 5.74) is 7.57. The van der Waals surface area contributed by atoms with E-state index < -0.39 is 0 Å². The van der Waals surface area contributed by atoms with Crippen molar-refractivity contribution in [2.24, 2.45) is 0 Å². The number of hydrogen-bond acceptors (Lipinski definition) is 6. The molecule has 4 rings (SSSR count). The molecule has 1 aliphatic heterocycles. The molecule has 30 heavy (non-hydrogen) atoms. The fraction of sp³-hybridized carbons (Fsp3) is 0.238. The summed E-state index contributed by atoms with van der Waals surface area (Å²) in [6, 6.07) is 9.24. The van der Waals surface area contributed by atoms with Gasteiger partial charge >= 0.3 is 0 Å². The Bertz CT molecular complexity index is 1150. The highest BCUT2D eigenvalue weighted by molar-refractivity contribution is 7.17. The van der Waals surface area contributed by atoms with Crippen LogP contribution in [0.5, 0.6) is 0 Å². The molecule has 0 spiro atoms. The molecular formula is C21H20ClN5O2S. The number of anilines is 1. The van der Waals surface area contributed by atoms with Crippen LogP contribution >= 0.6 is 22.9 Å². The molecule has 1 unspecified atom stereocenters. The van der Waals surface area contributed by atoms with E-state index in [4.69, 9.17) is 17.3 Å². The van der Waals surface area contributed by atoms with Crippen molar-refractivity contribution in [3.8, 4) is 0 Å². The van der Waals surface area contributed by atoms with Crippen LogP contribution in [0.4, 0.5) is 5.82 Å². The van der Waals surface area contributed by atoms with E-state index in [2.05, 4.69) is 9.97 Å². The van der Waals surface area contributed by atoms with Crippen LogP contribution in [0.25, 0.3) is 17.0 Å². The minimum Gasteiger partial charge on any atom is -0.383 e. The van der Waals surface area contributed by atoms with Crippen LogP contribution < -0.4 is 5.73 Å². The van der Waals surface area contributed by atoms with Crippen molar-refractivity contribution in [1.29, 1.82) is 0 Å². The lowest BCUT2D eigenvalue weighted by Crippen LogP contribution is -2.56. The van der Waals surface area contributed by atoms with E-state index >= 15 is 0 Å². The number of halogens is 1. The lowest BCUT2D eigenvalue weighted by atomic mass is 10.1. The molecule has 0 radical (unpaired) electrons. The van der Waals surface area contributed by atoms with Gasteiger partial charge in [0.1, 0.15) is 18.7 Å². The van der Waals surface area contributed by atoms with Gasteiger partial charge in [0.15, 0.2) is 0 Å². The summed E-state index contributed by atoms with van der Waals surface area (Å²) in [6.45, 7) is 2.93. The van der Waals surface area contributed by atoms with Gasteiger partial charge in [-0.05, 0) is 42.8 Å². The van der Waals surface area contributed by atoms with E-state index in [-0.39, 0.29) is 24.4 Å². The third-order valence-electron chi connectivity index (χ3n) is 5.04. The second-order valence-electron chi connectivity index (χ2n) is 7.18. The van der Waals surface area contributed by atoms with Crippen molar-refractivity contribution >= 4 is 57.5 Å². The molecule has 3 aromatic rings. The molecule has 0 saturated carbocycles. The number of fused-ring (bicyclic) bond motifs is 1. The molecule has 3 heterocycles. The van der Waals surface area contributed by atoms with Gasteiger partial charge in [-0.15, -0.1) is 11.3 Å². The number of amides is 2. The minimum atomic E-state index is -0.183. The highest BCUT2D eigenvalue weighted by Gasteiger charge is 2.31. The van der Waals surface area contributed by atoms with E-state index in [1.54, 1.807) is 21.9 Å². The molecule has 9 heteroatoms. The van der Waals surface area contributed by atoms with E-state index in [1.807, 2.05) is 31.2 Å². The quantitative estimate of drug-likeness (QED) is 0.627. The van der Waals surface area contributed by atoms with Crippen molar-refractivity contribution in [3.63, 3.8) is 0 Å². The van der Waals surface area contributed by atoms with Gasteiger partial charge in [-0.1, -0.05) is 17.7 Å². The Morgan fingerprint density at radius 3 is 2.90 bits per heavy atom. The number of nitrogens with zero attached hydrogens (tertiary/aromatic N) is 4. The fourth-order valence-corrected chi connectivity index (χ4v) is 4.45. The number of nitrogen functional groups attached to an aromatic ring is 1. The van der Waals surface area contributed by atoms with Crippen LogP contribution in [0.2, 0.25) is 4.34 Å². The highest BCUT2D eigenvalue weighted by Crippen LogP contribution is 2.23. The summed E-state index contributed by atoms with van der Waals surface area (Å²) in [5, 5.41) is 0.787. The van der Waals surface area contributed by atoms with Crippen LogP contribution in [0.15, 0.2) is 42.7 Å². The molecule has 1 atom stereocenters. The molecule has 2 amide bonds. The summed E-state index contributed by atoms with van der Waals surface area (Å²) in [5.74, 6) is 0.162. The summed E-state index contributed by atoms with van der Waals surface area (Å²) in [4.78, 5) is 37.8. The average molecular weight is 442 g/mol. The van der Waals surface area contributed by atoms with Gasteiger partial charge in [-0.25, -0.2) is 9.97 Å². The number of thiophene rings is 1. The van der Waals surface area contributed by atoms with Gasteiger partial charge in [-0.3, -0.25) is 9.59 Å². The first-order valence-electron chi connectivity index (χ1n) is 9.41. The second-order valence-corrected chi connectivity index (χ2v) is 8.92. The number of rotatable bonds is 4. The average Bonchev–Trinajstić information content (AvgIpc) is 3.14. The van der Waals surface area contributed by atoms with Crippen LogP contribution in [-0.2, 0) is 16.1 Å². The maximum Gasteiger partial charge on any atom is 0.247 e. The van der Waals surface area contributed by atoms with Gasteiger partial charge in [0.25, 0.3) is 0 Å². The number of nitrogens with two attached hydrogens (primary N) is 1. The molecule has 1 aliphatic rings. The lowest BCUT2D eigenvalue weighted by molar-refractivity contribution is -0.146. The Balaban J connectivity index is 1.43. The molecule has 7 nitrogen and oxygen atoms in total. The maximum atomic E-state index is 12.8. The van der Waals surface area contributed by atoms with Crippen molar-refractivity contribution in [3.05, 3.63) is 57.5 Å². The summed E-state index contributed by atoms with van der Waals surface area (Å²) in [7, 11) is 0. The number of aromatic nitrogens is 2. The number of piperazine rings is 1. The second kappa shape index (κ2) is 8.41. The molecule has 2 aromatic heterocycles. The van der Waals surface area contributed by atoms with Crippen LogP contribution in [0.3, 0.4) is 0 Å². The molecule has 1 fully saturated rings. The largest absolute Gasteiger partial charge is 0.383 e. The molecule has 154 valence electrons. The smallest absolute Gasteiger partial charge is 0.247 e. The SMILES string of the molecule is CC1CN(C(=O)/C=C/c2ccc(Cl)s2)CC(=O)N1Cc1ccc2c(N)ncnc2c1. The first-order valence-corrected chi connectivity index (χ1v) is 10.6. The van der Waals surface area contributed by atoms with Crippen LogP contribution in [0, 0.1) is 0 Å². The van der Waals surface area contributed by atoms with Crippen molar-refractivity contribution < 1.29 is 9.59 Å². The third kappa shape index (κ3) is 4.29. The number of carbonyl (C=O) groups excluding carboxylic acids is 2. The van der Waals surface area contributed by atoms with Gasteiger partial charge < -0.3 is 15.5 Å². The standard InChI is InChI=1S/C21H20ClN5O2S/c1-13-9-26(19(28)7-4-15-3-6-18(22)30-15)11-20(29)27(13)10-14-2-5-16-17(8-14)24-12-25-21(16)23/h2-8,12-13H,9-11H2,1H3,(H2,23,24,25)/b7-4+. The normalized spacial score (nSPS) is 17.3. The zero-order valence-corrected chi connectivity index (χ0v) is 17.9. The Morgan fingerprint density at radius 2 is 2.17 bits per heavy atom. The topological polar surface area (TPSA) is 92.4 Å². The predicted octanol–water partition coefficient (Wildman–Crippen LogP) is 3.20. The first kappa shape index (κ1) is 20.3. The molecule has 0 bridgehead atoms. The zero-order valence-electron chi connectivity index (χ0n) is 16.3. The zero-order chi connectivity index (χ0) is 21.3. The van der Waals surface area contributed by atoms with Gasteiger partial charge in [0.05, 0.1) is 9.85 Å². The molecular weight excluding hydrogens is 422 g/mol. The number of carbonyl (C=O) groups is 2. The summed E-state index contributed by atoms with van der Waals surface area (Å²) >= 11 is 7.31. The van der Waals surface area contributed by atoms with E-state index in [0.29, 0.717) is 23.2 Å². The Hall–Kier alpha value is -2.97. The van der Waals surface area contributed by atoms with E-state index in [9.17, 15) is 9.59 Å². The van der Waals surface area contributed by atoms with Gasteiger partial charge in [-0.2, -0.15) is 0 Å². The van der Waals surface area contributed by atoms with Crippen LogP contribution in [-0.4, -0.2) is 50.7 Å². The molecule has 1 saturated heterocycles. The van der Waals surface area contributed by atoms with Crippen molar-refractivity contribution in [2.45, 2.75) is 19.5 Å². The summed E-state index contributed by atoms with van der Waals surface area (Å²) < 4.78 is 0.669. The Morgan fingerprint density at radius 1 is 1.33 bits per heavy atom. The third-order valence-corrected chi connectivity index (χ3v) is 6.24. The number of benzene rings is 1. The van der Waals surface area contributed by atoms with Gasteiger partial charge in [0, 0.05) is 35.5 Å². The first-order chi connectivity index (χ1) is 14.4. The van der Waals surface area contributed by atoms with Gasteiger partial charge in [0.2, 0.25) is 11.8 Å². The van der Waals surface area contributed by atoms with E-state index in [1.165, 1.54) is 23.7 Å². The Kier molecular flexibility index (Phi) is 5.69. The minimum absolute atomic E-state index is 0.0570.